The van der Waals surface area contributed by atoms with Crippen LogP contribution in [0.15, 0.2) is 34.7 Å². The topological polar surface area (TPSA) is 105 Å². The maximum Gasteiger partial charge on any atom is 0.265 e. The molecular weight excluding hydrogens is 434 g/mol. The molecule has 0 saturated carbocycles. The number of rotatable bonds is 7. The Morgan fingerprint density at radius 2 is 1.97 bits per heavy atom. The van der Waals surface area contributed by atoms with Crippen molar-refractivity contribution in [3.63, 3.8) is 0 Å². The van der Waals surface area contributed by atoms with Crippen molar-refractivity contribution >= 4 is 27.5 Å². The number of fused-ring (bicyclic) bond motifs is 1. The fourth-order valence-electron chi connectivity index (χ4n) is 4.15. The minimum Gasteiger partial charge on any atom is -0.482 e. The molecule has 1 fully saturated rings. The summed E-state index contributed by atoms with van der Waals surface area (Å²) in [6.07, 6.45) is 7.63. The third-order valence-corrected chi connectivity index (χ3v) is 7.83. The van der Waals surface area contributed by atoms with Gasteiger partial charge >= 0.3 is 0 Å². The first-order valence-corrected chi connectivity index (χ1v) is 12.5. The number of nitrogens with zero attached hydrogens (tertiary/aromatic N) is 2. The number of carbonyl (C=O) groups excluding carboxylic acids is 2. The lowest BCUT2D eigenvalue weighted by Gasteiger charge is -2.30. The molecule has 4 rings (SSSR count). The Kier molecular flexibility index (Phi) is 7.12. The summed E-state index contributed by atoms with van der Waals surface area (Å²) in [5.41, 5.74) is 1.66. The number of nitrogens with one attached hydrogen (secondary N) is 1. The number of carbonyl (C=O) groups is 2. The number of morpholine rings is 1. The molecule has 1 saturated heterocycles. The van der Waals surface area contributed by atoms with Crippen molar-refractivity contribution in [3.05, 3.63) is 29.8 Å². The fraction of sp³-hybridized carbons (Fsp3) is 0.545. The van der Waals surface area contributed by atoms with Crippen molar-refractivity contribution < 1.29 is 27.5 Å². The largest absolute Gasteiger partial charge is 0.482 e. The van der Waals surface area contributed by atoms with Gasteiger partial charge in [-0.15, -0.1) is 0 Å². The molecule has 2 amide bonds. The first-order chi connectivity index (χ1) is 15.4. The van der Waals surface area contributed by atoms with Crippen molar-refractivity contribution in [3.8, 4) is 5.75 Å². The molecule has 0 unspecified atom stereocenters. The molecule has 1 aromatic carbocycles. The second kappa shape index (κ2) is 10.0. The van der Waals surface area contributed by atoms with Crippen LogP contribution in [-0.2, 0) is 24.3 Å². The summed E-state index contributed by atoms with van der Waals surface area (Å²) in [5.74, 6) is -0.293. The maximum absolute atomic E-state index is 13.0. The Morgan fingerprint density at radius 1 is 1.16 bits per heavy atom. The minimum absolute atomic E-state index is 0.0612. The van der Waals surface area contributed by atoms with Crippen LogP contribution in [0.25, 0.3) is 0 Å². The summed E-state index contributed by atoms with van der Waals surface area (Å²) in [5, 5.41) is 2.87. The third kappa shape index (κ3) is 5.13. The molecule has 10 heteroatoms. The van der Waals surface area contributed by atoms with Crippen LogP contribution in [0.5, 0.6) is 5.75 Å². The van der Waals surface area contributed by atoms with Gasteiger partial charge < -0.3 is 14.8 Å². The van der Waals surface area contributed by atoms with E-state index in [1.165, 1.54) is 45.8 Å². The van der Waals surface area contributed by atoms with Crippen molar-refractivity contribution in [2.75, 3.05) is 50.9 Å². The number of sulfonamides is 1. The highest BCUT2D eigenvalue weighted by molar-refractivity contribution is 7.89. The lowest BCUT2D eigenvalue weighted by atomic mass is 9.97. The van der Waals surface area contributed by atoms with Crippen molar-refractivity contribution in [1.82, 2.24) is 9.62 Å². The summed E-state index contributed by atoms with van der Waals surface area (Å²) >= 11 is 0. The standard InChI is InChI=1S/C22H29N3O6S/c26-21(23-9-8-17-4-2-1-3-5-17)15-25-19-14-18(6-7-20(19)31-16-22(25)27)32(28,29)24-10-12-30-13-11-24/h4,6-7,14H,1-3,5,8-13,15-16H2,(H,23,26). The molecule has 0 atom stereocenters. The Balaban J connectivity index is 1.46. The van der Waals surface area contributed by atoms with Crippen LogP contribution in [0.1, 0.15) is 32.1 Å². The van der Waals surface area contributed by atoms with Crippen LogP contribution in [0.4, 0.5) is 5.69 Å². The molecule has 2 aliphatic heterocycles. The predicted octanol–water partition coefficient (Wildman–Crippen LogP) is 1.44. The first-order valence-electron chi connectivity index (χ1n) is 11.0. The number of hydrogen-bond acceptors (Lipinski definition) is 6. The number of anilines is 1. The van der Waals surface area contributed by atoms with Gasteiger partial charge in [-0.2, -0.15) is 4.31 Å². The predicted molar refractivity (Wildman–Crippen MR) is 118 cm³/mol. The fourth-order valence-corrected chi connectivity index (χ4v) is 5.57. The molecule has 0 aromatic heterocycles. The molecule has 1 aliphatic carbocycles. The Labute approximate surface area is 188 Å². The Morgan fingerprint density at radius 3 is 2.72 bits per heavy atom. The molecule has 1 aromatic rings. The third-order valence-electron chi connectivity index (χ3n) is 5.94. The summed E-state index contributed by atoms with van der Waals surface area (Å²) in [6, 6.07) is 4.42. The average Bonchev–Trinajstić information content (AvgIpc) is 2.82. The zero-order chi connectivity index (χ0) is 22.6. The van der Waals surface area contributed by atoms with Gasteiger partial charge in [-0.1, -0.05) is 11.6 Å². The highest BCUT2D eigenvalue weighted by atomic mass is 32.2. The van der Waals surface area contributed by atoms with E-state index in [9.17, 15) is 18.0 Å². The maximum atomic E-state index is 13.0. The molecule has 0 radical (unpaired) electrons. The van der Waals surface area contributed by atoms with Crippen LogP contribution in [0, 0.1) is 0 Å². The molecule has 0 spiro atoms. The van der Waals surface area contributed by atoms with Gasteiger partial charge in [-0.05, 0) is 50.3 Å². The Bertz CT molecular complexity index is 1000. The lowest BCUT2D eigenvalue weighted by molar-refractivity contribution is -0.125. The van der Waals surface area contributed by atoms with E-state index in [2.05, 4.69) is 11.4 Å². The van der Waals surface area contributed by atoms with Gasteiger partial charge in [0.1, 0.15) is 12.3 Å². The van der Waals surface area contributed by atoms with Gasteiger partial charge in [0.2, 0.25) is 15.9 Å². The monoisotopic (exact) mass is 463 g/mol. The van der Waals surface area contributed by atoms with E-state index in [1.54, 1.807) is 0 Å². The van der Waals surface area contributed by atoms with Crippen LogP contribution in [0.2, 0.25) is 0 Å². The van der Waals surface area contributed by atoms with Crippen LogP contribution < -0.4 is 15.0 Å². The molecule has 0 bridgehead atoms. The van der Waals surface area contributed by atoms with E-state index in [4.69, 9.17) is 9.47 Å². The molecular formula is C22H29N3O6S. The second-order valence-corrected chi connectivity index (χ2v) is 10.1. The van der Waals surface area contributed by atoms with Gasteiger partial charge in [0, 0.05) is 19.6 Å². The number of benzene rings is 1. The molecule has 32 heavy (non-hydrogen) atoms. The molecule has 174 valence electrons. The van der Waals surface area contributed by atoms with Crippen molar-refractivity contribution in [1.29, 1.82) is 0 Å². The van der Waals surface area contributed by atoms with E-state index < -0.39 is 10.0 Å². The Hall–Kier alpha value is -2.43. The second-order valence-electron chi connectivity index (χ2n) is 8.12. The van der Waals surface area contributed by atoms with Gasteiger partial charge in [-0.25, -0.2) is 8.42 Å². The van der Waals surface area contributed by atoms with Crippen LogP contribution in [-0.4, -0.2) is 70.5 Å². The van der Waals surface area contributed by atoms with E-state index in [0.29, 0.717) is 31.2 Å². The number of allylic oxidation sites excluding steroid dienone is 1. The smallest absolute Gasteiger partial charge is 0.265 e. The van der Waals surface area contributed by atoms with Gasteiger partial charge in [0.15, 0.2) is 6.61 Å². The summed E-state index contributed by atoms with van der Waals surface area (Å²) in [7, 11) is -3.74. The molecule has 1 N–H and O–H groups in total. The van der Waals surface area contributed by atoms with Crippen LogP contribution in [0.3, 0.4) is 0 Å². The number of ether oxygens (including phenoxy) is 2. The van der Waals surface area contributed by atoms with Crippen LogP contribution >= 0.6 is 0 Å². The van der Waals surface area contributed by atoms with Gasteiger partial charge in [0.05, 0.1) is 23.8 Å². The van der Waals surface area contributed by atoms with E-state index >= 15 is 0 Å². The highest BCUT2D eigenvalue weighted by Crippen LogP contribution is 2.35. The zero-order valence-electron chi connectivity index (χ0n) is 18.0. The SMILES string of the molecule is O=C(CN1C(=O)COc2ccc(S(=O)(=O)N3CCOCC3)cc21)NCCC1=CCCCC1. The summed E-state index contributed by atoms with van der Waals surface area (Å²) < 4.78 is 38.1. The van der Waals surface area contributed by atoms with Gasteiger partial charge in [-0.3, -0.25) is 14.5 Å². The van der Waals surface area contributed by atoms with E-state index in [0.717, 1.165) is 19.3 Å². The zero-order valence-corrected chi connectivity index (χ0v) is 18.9. The lowest BCUT2D eigenvalue weighted by Crippen LogP contribution is -2.45. The minimum atomic E-state index is -3.74. The summed E-state index contributed by atoms with van der Waals surface area (Å²) in [4.78, 5) is 26.4. The van der Waals surface area contributed by atoms with Gasteiger partial charge in [0.25, 0.3) is 5.91 Å². The van der Waals surface area contributed by atoms with Crippen molar-refractivity contribution in [2.45, 2.75) is 37.0 Å². The summed E-state index contributed by atoms with van der Waals surface area (Å²) in [6.45, 7) is 1.37. The normalized spacial score (nSPS) is 19.7. The molecule has 9 nitrogen and oxygen atoms in total. The first kappa shape index (κ1) is 22.8. The average molecular weight is 464 g/mol. The quantitative estimate of drug-likeness (QED) is 0.614. The van der Waals surface area contributed by atoms with E-state index in [-0.39, 0.29) is 43.0 Å². The van der Waals surface area contributed by atoms with Crippen molar-refractivity contribution in [2.24, 2.45) is 0 Å². The number of amides is 2. The van der Waals surface area contributed by atoms with E-state index in [1.807, 2.05) is 0 Å². The number of hydrogen-bond donors (Lipinski definition) is 1. The molecule has 3 aliphatic rings. The highest BCUT2D eigenvalue weighted by Gasteiger charge is 2.31. The molecule has 2 heterocycles.